The van der Waals surface area contributed by atoms with Gasteiger partial charge < -0.3 is 15.2 Å². The first-order valence-corrected chi connectivity index (χ1v) is 7.23. The Balaban J connectivity index is 2.22. The molecule has 0 bridgehead atoms. The summed E-state index contributed by atoms with van der Waals surface area (Å²) >= 11 is 0. The highest BCUT2D eigenvalue weighted by Crippen LogP contribution is 2.23. The van der Waals surface area contributed by atoms with Crippen molar-refractivity contribution in [2.24, 2.45) is 0 Å². The predicted octanol–water partition coefficient (Wildman–Crippen LogP) is 2.73. The molecule has 0 aliphatic rings. The van der Waals surface area contributed by atoms with Crippen LogP contribution in [-0.4, -0.2) is 26.7 Å². The molecule has 7 heteroatoms. The van der Waals surface area contributed by atoms with Gasteiger partial charge in [0.05, 0.1) is 6.54 Å². The Morgan fingerprint density at radius 2 is 1.90 bits per heavy atom. The fraction of sp³-hybridized carbons (Fsp3) is 0.571. The highest BCUT2D eigenvalue weighted by atomic mass is 16.5. The second kappa shape index (κ2) is 7.01. The normalized spacial score (nSPS) is 10.9. The molecule has 0 atom stereocenters. The third-order valence-corrected chi connectivity index (χ3v) is 3.04. The van der Waals surface area contributed by atoms with Crippen LogP contribution in [0, 0.1) is 6.92 Å². The maximum absolute atomic E-state index is 4.73. The number of rotatable bonds is 7. The van der Waals surface area contributed by atoms with E-state index in [9.17, 15) is 0 Å². The molecule has 0 aliphatic heterocycles. The first-order valence-electron chi connectivity index (χ1n) is 7.23. The van der Waals surface area contributed by atoms with Crippen molar-refractivity contribution in [3.63, 3.8) is 0 Å². The van der Waals surface area contributed by atoms with Gasteiger partial charge in [0.1, 0.15) is 17.5 Å². The van der Waals surface area contributed by atoms with Crippen LogP contribution in [0.4, 0.5) is 11.6 Å². The zero-order valence-corrected chi connectivity index (χ0v) is 13.0. The minimum atomic E-state index is 0.263. The summed E-state index contributed by atoms with van der Waals surface area (Å²) in [5.41, 5.74) is 0.997. The molecule has 2 aromatic rings. The van der Waals surface area contributed by atoms with Crippen LogP contribution in [0.3, 0.4) is 0 Å². The van der Waals surface area contributed by atoms with E-state index in [0.29, 0.717) is 12.4 Å². The highest BCUT2D eigenvalue weighted by molar-refractivity contribution is 5.57. The Kier molecular flexibility index (Phi) is 5.08. The number of hydrogen-bond donors (Lipinski definition) is 2. The quantitative estimate of drug-likeness (QED) is 0.810. The third kappa shape index (κ3) is 3.90. The molecule has 2 rings (SSSR count). The molecule has 2 aromatic heterocycles. The van der Waals surface area contributed by atoms with Crippen molar-refractivity contribution in [3.05, 3.63) is 23.6 Å². The van der Waals surface area contributed by atoms with Crippen molar-refractivity contribution in [1.82, 2.24) is 20.1 Å². The summed E-state index contributed by atoms with van der Waals surface area (Å²) in [6.45, 7) is 9.65. The number of nitrogens with one attached hydrogen (secondary N) is 2. The zero-order valence-electron chi connectivity index (χ0n) is 13.0. The lowest BCUT2D eigenvalue weighted by atomic mass is 10.2. The Bertz CT molecular complexity index is 567. The van der Waals surface area contributed by atoms with Crippen LogP contribution in [-0.2, 0) is 6.54 Å². The largest absolute Gasteiger partial charge is 0.370 e. The fourth-order valence-corrected chi connectivity index (χ4v) is 1.81. The van der Waals surface area contributed by atoms with Crippen LogP contribution in [0.15, 0.2) is 10.9 Å². The molecule has 21 heavy (non-hydrogen) atoms. The Morgan fingerprint density at radius 1 is 1.19 bits per heavy atom. The third-order valence-electron chi connectivity index (χ3n) is 3.04. The standard InChI is InChI=1S/C14H22N6O/c1-5-6-15-13-10(4)14(19-12(18-13)9(2)3)16-7-11-17-8-21-20-11/h8-9H,5-7H2,1-4H3,(H2,15,16,18,19). The fourth-order valence-electron chi connectivity index (χ4n) is 1.81. The van der Waals surface area contributed by atoms with E-state index in [1.807, 2.05) is 6.92 Å². The maximum atomic E-state index is 4.73. The van der Waals surface area contributed by atoms with Gasteiger partial charge in [-0.3, -0.25) is 0 Å². The van der Waals surface area contributed by atoms with Crippen molar-refractivity contribution >= 4 is 11.6 Å². The topological polar surface area (TPSA) is 88.8 Å². The average Bonchev–Trinajstić information content (AvgIpc) is 2.98. The molecule has 0 saturated carbocycles. The van der Waals surface area contributed by atoms with Gasteiger partial charge in [0, 0.05) is 18.0 Å². The summed E-state index contributed by atoms with van der Waals surface area (Å²) in [6.07, 6.45) is 2.36. The van der Waals surface area contributed by atoms with Gasteiger partial charge in [0.25, 0.3) is 0 Å². The molecule has 2 heterocycles. The highest BCUT2D eigenvalue weighted by Gasteiger charge is 2.13. The lowest BCUT2D eigenvalue weighted by Crippen LogP contribution is -2.13. The summed E-state index contributed by atoms with van der Waals surface area (Å²) in [5.74, 6) is 3.36. The van der Waals surface area contributed by atoms with E-state index in [1.54, 1.807) is 0 Å². The Morgan fingerprint density at radius 3 is 2.48 bits per heavy atom. The van der Waals surface area contributed by atoms with E-state index in [2.05, 4.69) is 51.5 Å². The van der Waals surface area contributed by atoms with Gasteiger partial charge in [-0.25, -0.2) is 9.97 Å². The second-order valence-electron chi connectivity index (χ2n) is 5.19. The smallest absolute Gasteiger partial charge is 0.213 e. The van der Waals surface area contributed by atoms with Crippen LogP contribution in [0.1, 0.15) is 50.3 Å². The van der Waals surface area contributed by atoms with Crippen LogP contribution in [0.2, 0.25) is 0 Å². The summed E-state index contributed by atoms with van der Waals surface area (Å²) in [6, 6.07) is 0. The zero-order chi connectivity index (χ0) is 15.2. The molecule has 114 valence electrons. The lowest BCUT2D eigenvalue weighted by molar-refractivity contribution is 0.411. The number of nitrogens with zero attached hydrogens (tertiary/aromatic N) is 4. The molecule has 0 aromatic carbocycles. The van der Waals surface area contributed by atoms with Crippen molar-refractivity contribution in [2.75, 3.05) is 17.2 Å². The Hall–Kier alpha value is -2.18. The maximum Gasteiger partial charge on any atom is 0.213 e. The molecular weight excluding hydrogens is 268 g/mol. The van der Waals surface area contributed by atoms with E-state index in [1.165, 1.54) is 6.39 Å². The van der Waals surface area contributed by atoms with Crippen molar-refractivity contribution < 1.29 is 4.52 Å². The van der Waals surface area contributed by atoms with Gasteiger partial charge >= 0.3 is 0 Å². The van der Waals surface area contributed by atoms with Gasteiger partial charge in [-0.05, 0) is 13.3 Å². The van der Waals surface area contributed by atoms with E-state index >= 15 is 0 Å². The molecular formula is C14H22N6O. The van der Waals surface area contributed by atoms with Crippen LogP contribution in [0.25, 0.3) is 0 Å². The van der Waals surface area contributed by atoms with Gasteiger partial charge in [-0.1, -0.05) is 25.9 Å². The summed E-state index contributed by atoms with van der Waals surface area (Å²) in [7, 11) is 0. The SMILES string of the molecule is CCCNc1nc(C(C)C)nc(NCc2ncon2)c1C. The minimum absolute atomic E-state index is 0.263. The molecule has 2 N–H and O–H groups in total. The second-order valence-corrected chi connectivity index (χ2v) is 5.19. The van der Waals surface area contributed by atoms with E-state index in [0.717, 1.165) is 36.0 Å². The van der Waals surface area contributed by atoms with Crippen molar-refractivity contribution in [3.8, 4) is 0 Å². The number of anilines is 2. The first-order chi connectivity index (χ1) is 10.1. The summed E-state index contributed by atoms with van der Waals surface area (Å²) in [4.78, 5) is 13.2. The molecule has 0 amide bonds. The van der Waals surface area contributed by atoms with Crippen LogP contribution >= 0.6 is 0 Å². The predicted molar refractivity (Wildman–Crippen MR) is 81.3 cm³/mol. The molecule has 7 nitrogen and oxygen atoms in total. The van der Waals surface area contributed by atoms with Crippen molar-refractivity contribution in [1.29, 1.82) is 0 Å². The van der Waals surface area contributed by atoms with E-state index in [4.69, 9.17) is 4.52 Å². The number of aromatic nitrogens is 4. The number of hydrogen-bond acceptors (Lipinski definition) is 7. The Labute approximate surface area is 124 Å². The molecule has 0 spiro atoms. The van der Waals surface area contributed by atoms with E-state index in [-0.39, 0.29) is 5.92 Å². The van der Waals surface area contributed by atoms with Gasteiger partial charge in [-0.15, -0.1) is 0 Å². The molecule has 0 saturated heterocycles. The van der Waals surface area contributed by atoms with Crippen LogP contribution < -0.4 is 10.6 Å². The van der Waals surface area contributed by atoms with Crippen LogP contribution in [0.5, 0.6) is 0 Å². The molecule has 0 unspecified atom stereocenters. The van der Waals surface area contributed by atoms with E-state index < -0.39 is 0 Å². The summed E-state index contributed by atoms with van der Waals surface area (Å²) in [5, 5.41) is 10.4. The van der Waals surface area contributed by atoms with Gasteiger partial charge in [-0.2, -0.15) is 4.98 Å². The monoisotopic (exact) mass is 290 g/mol. The summed E-state index contributed by atoms with van der Waals surface area (Å²) < 4.78 is 4.73. The van der Waals surface area contributed by atoms with Gasteiger partial charge in [0.15, 0.2) is 5.82 Å². The van der Waals surface area contributed by atoms with Crippen molar-refractivity contribution in [2.45, 2.75) is 46.6 Å². The molecule has 0 aliphatic carbocycles. The average molecular weight is 290 g/mol. The lowest BCUT2D eigenvalue weighted by Gasteiger charge is -2.15. The molecule has 0 radical (unpaired) electrons. The first kappa shape index (κ1) is 15.2. The van der Waals surface area contributed by atoms with Gasteiger partial charge in [0.2, 0.25) is 6.39 Å². The minimum Gasteiger partial charge on any atom is -0.370 e. The molecule has 0 fully saturated rings.